The van der Waals surface area contributed by atoms with Gasteiger partial charge >= 0.3 is 0 Å². The van der Waals surface area contributed by atoms with Gasteiger partial charge in [-0.25, -0.2) is 4.98 Å². The van der Waals surface area contributed by atoms with E-state index in [2.05, 4.69) is 20.9 Å². The maximum absolute atomic E-state index is 6.06. The van der Waals surface area contributed by atoms with Crippen molar-refractivity contribution in [3.63, 3.8) is 0 Å². The van der Waals surface area contributed by atoms with Crippen molar-refractivity contribution in [2.24, 2.45) is 7.05 Å². The average molecular weight is 302 g/mol. The molecule has 16 heavy (non-hydrogen) atoms. The fraction of sp³-hybridized carbons (Fsp3) is 0.182. The van der Waals surface area contributed by atoms with Crippen LogP contribution in [0.4, 0.5) is 0 Å². The Hall–Kier alpha value is -1.00. The van der Waals surface area contributed by atoms with Gasteiger partial charge in [-0.2, -0.15) is 0 Å². The second-order valence-electron chi connectivity index (χ2n) is 3.34. The summed E-state index contributed by atoms with van der Waals surface area (Å²) >= 11 is 9.54. The third kappa shape index (κ3) is 1.95. The van der Waals surface area contributed by atoms with Crippen molar-refractivity contribution in [1.29, 1.82) is 0 Å². The fourth-order valence-electron chi connectivity index (χ4n) is 1.42. The summed E-state index contributed by atoms with van der Waals surface area (Å²) < 4.78 is 7.92. The summed E-state index contributed by atoms with van der Waals surface area (Å²) in [4.78, 5) is 4.30. The molecule has 84 valence electrons. The molecule has 1 heterocycles. The maximum atomic E-state index is 6.06. The largest absolute Gasteiger partial charge is 0.495 e. The summed E-state index contributed by atoms with van der Waals surface area (Å²) in [6.07, 6.45) is 1.75. The normalized spacial score (nSPS) is 10.5. The Morgan fingerprint density at radius 3 is 2.69 bits per heavy atom. The number of hydrogen-bond acceptors (Lipinski definition) is 2. The Morgan fingerprint density at radius 2 is 2.19 bits per heavy atom. The summed E-state index contributed by atoms with van der Waals surface area (Å²) in [7, 11) is 3.52. The summed E-state index contributed by atoms with van der Waals surface area (Å²) in [5, 5.41) is 0.581. The van der Waals surface area contributed by atoms with Gasteiger partial charge in [0.05, 0.1) is 18.5 Å². The van der Waals surface area contributed by atoms with Gasteiger partial charge in [-0.05, 0) is 34.1 Å². The highest BCUT2D eigenvalue weighted by atomic mass is 79.9. The molecular formula is C11H10BrClN2O. The molecule has 0 aliphatic heterocycles. The first-order valence-electron chi connectivity index (χ1n) is 4.64. The van der Waals surface area contributed by atoms with Crippen molar-refractivity contribution < 1.29 is 4.74 Å². The molecule has 0 radical (unpaired) electrons. The zero-order chi connectivity index (χ0) is 11.7. The van der Waals surface area contributed by atoms with E-state index in [1.165, 1.54) is 0 Å². The molecular weight excluding hydrogens is 291 g/mol. The molecule has 0 bridgehead atoms. The van der Waals surface area contributed by atoms with Crippen molar-refractivity contribution in [3.05, 3.63) is 34.2 Å². The molecule has 0 spiro atoms. The summed E-state index contributed by atoms with van der Waals surface area (Å²) in [5.74, 6) is 0.664. The van der Waals surface area contributed by atoms with E-state index in [-0.39, 0.29) is 0 Å². The molecule has 1 aromatic carbocycles. The molecule has 0 N–H and O–H groups in total. The van der Waals surface area contributed by atoms with Crippen LogP contribution in [-0.2, 0) is 7.05 Å². The van der Waals surface area contributed by atoms with Crippen LogP contribution < -0.4 is 4.74 Å². The second kappa shape index (κ2) is 4.47. The van der Waals surface area contributed by atoms with Crippen molar-refractivity contribution in [2.75, 3.05) is 7.11 Å². The van der Waals surface area contributed by atoms with Gasteiger partial charge in [0.25, 0.3) is 0 Å². The van der Waals surface area contributed by atoms with Crippen LogP contribution in [0.15, 0.2) is 29.1 Å². The SMILES string of the molecule is COc1ccc(-c2ncn(C)c2Br)cc1Cl. The Bertz CT molecular complexity index is 525. The number of halogens is 2. The zero-order valence-corrected chi connectivity index (χ0v) is 11.2. The number of methoxy groups -OCH3 is 1. The Labute approximate surface area is 107 Å². The van der Waals surface area contributed by atoms with E-state index in [1.54, 1.807) is 13.4 Å². The molecule has 3 nitrogen and oxygen atoms in total. The minimum atomic E-state index is 0.581. The van der Waals surface area contributed by atoms with Crippen LogP contribution in [0.2, 0.25) is 5.02 Å². The third-order valence-corrected chi connectivity index (χ3v) is 3.52. The Morgan fingerprint density at radius 1 is 1.44 bits per heavy atom. The van der Waals surface area contributed by atoms with Crippen molar-refractivity contribution in [1.82, 2.24) is 9.55 Å². The lowest BCUT2D eigenvalue weighted by atomic mass is 10.1. The van der Waals surface area contributed by atoms with Crippen LogP contribution in [0.1, 0.15) is 0 Å². The summed E-state index contributed by atoms with van der Waals surface area (Å²) in [5.41, 5.74) is 1.82. The smallest absolute Gasteiger partial charge is 0.137 e. The fourth-order valence-corrected chi connectivity index (χ4v) is 2.10. The highest BCUT2D eigenvalue weighted by molar-refractivity contribution is 9.10. The predicted octanol–water partition coefficient (Wildman–Crippen LogP) is 3.51. The standard InChI is InChI=1S/C11H10BrClN2O/c1-15-6-14-10(11(15)12)7-3-4-9(16-2)8(13)5-7/h3-6H,1-2H3. The van der Waals surface area contributed by atoms with Gasteiger partial charge in [-0.15, -0.1) is 0 Å². The van der Waals surface area contributed by atoms with Crippen molar-refractivity contribution in [2.45, 2.75) is 0 Å². The molecule has 1 aromatic heterocycles. The molecule has 0 saturated heterocycles. The van der Waals surface area contributed by atoms with Crippen LogP contribution in [0.3, 0.4) is 0 Å². The van der Waals surface area contributed by atoms with Gasteiger partial charge in [-0.1, -0.05) is 11.6 Å². The zero-order valence-electron chi connectivity index (χ0n) is 8.87. The number of nitrogens with zero attached hydrogens (tertiary/aromatic N) is 2. The topological polar surface area (TPSA) is 27.1 Å². The predicted molar refractivity (Wildman–Crippen MR) is 67.9 cm³/mol. The van der Waals surface area contributed by atoms with E-state index in [4.69, 9.17) is 16.3 Å². The third-order valence-electron chi connectivity index (χ3n) is 2.29. The Balaban J connectivity index is 2.49. The summed E-state index contributed by atoms with van der Waals surface area (Å²) in [6.45, 7) is 0. The first-order valence-corrected chi connectivity index (χ1v) is 5.81. The van der Waals surface area contributed by atoms with Crippen molar-refractivity contribution in [3.8, 4) is 17.0 Å². The van der Waals surface area contributed by atoms with Gasteiger partial charge in [-0.3, -0.25) is 0 Å². The molecule has 0 saturated carbocycles. The van der Waals surface area contributed by atoms with Gasteiger partial charge in [0.2, 0.25) is 0 Å². The first-order chi connectivity index (χ1) is 7.63. The average Bonchev–Trinajstić information content (AvgIpc) is 2.60. The number of aromatic nitrogens is 2. The molecule has 0 aliphatic carbocycles. The van der Waals surface area contributed by atoms with E-state index >= 15 is 0 Å². The minimum absolute atomic E-state index is 0.581. The molecule has 5 heteroatoms. The lowest BCUT2D eigenvalue weighted by Crippen LogP contribution is -1.87. The molecule has 0 amide bonds. The molecule has 2 aromatic rings. The maximum Gasteiger partial charge on any atom is 0.137 e. The van der Waals surface area contributed by atoms with Crippen LogP contribution in [0.25, 0.3) is 11.3 Å². The lowest BCUT2D eigenvalue weighted by Gasteiger charge is -2.05. The van der Waals surface area contributed by atoms with E-state index in [1.807, 2.05) is 29.8 Å². The second-order valence-corrected chi connectivity index (χ2v) is 4.50. The number of aryl methyl sites for hydroxylation is 1. The Kier molecular flexibility index (Phi) is 3.21. The molecule has 0 unspecified atom stereocenters. The molecule has 0 fully saturated rings. The van der Waals surface area contributed by atoms with E-state index in [0.29, 0.717) is 10.8 Å². The van der Waals surface area contributed by atoms with Gasteiger partial charge < -0.3 is 9.30 Å². The summed E-state index contributed by atoms with van der Waals surface area (Å²) in [6, 6.07) is 5.60. The highest BCUT2D eigenvalue weighted by Crippen LogP contribution is 2.32. The van der Waals surface area contributed by atoms with Gasteiger partial charge in [0.1, 0.15) is 16.0 Å². The minimum Gasteiger partial charge on any atom is -0.495 e. The van der Waals surface area contributed by atoms with Crippen molar-refractivity contribution >= 4 is 27.5 Å². The quantitative estimate of drug-likeness (QED) is 0.849. The van der Waals surface area contributed by atoms with Crippen LogP contribution in [-0.4, -0.2) is 16.7 Å². The molecule has 2 rings (SSSR count). The van der Waals surface area contributed by atoms with E-state index in [0.717, 1.165) is 15.9 Å². The number of benzene rings is 1. The van der Waals surface area contributed by atoms with Gasteiger partial charge in [0.15, 0.2) is 0 Å². The van der Waals surface area contributed by atoms with Gasteiger partial charge in [0, 0.05) is 12.6 Å². The highest BCUT2D eigenvalue weighted by Gasteiger charge is 2.10. The number of hydrogen-bond donors (Lipinski definition) is 0. The van der Waals surface area contributed by atoms with E-state index in [9.17, 15) is 0 Å². The number of imidazole rings is 1. The molecule has 0 atom stereocenters. The van der Waals surface area contributed by atoms with E-state index < -0.39 is 0 Å². The van der Waals surface area contributed by atoms with Crippen LogP contribution in [0, 0.1) is 0 Å². The molecule has 0 aliphatic rings. The lowest BCUT2D eigenvalue weighted by molar-refractivity contribution is 0.415. The first kappa shape index (κ1) is 11.5. The van der Waals surface area contributed by atoms with Crippen LogP contribution in [0.5, 0.6) is 5.75 Å². The number of rotatable bonds is 2. The van der Waals surface area contributed by atoms with Crippen LogP contribution >= 0.6 is 27.5 Å². The number of ether oxygens (including phenoxy) is 1. The monoisotopic (exact) mass is 300 g/mol.